The van der Waals surface area contributed by atoms with Crippen LogP contribution in [0.3, 0.4) is 0 Å². The normalized spacial score (nSPS) is 10.4. The Hall–Kier alpha value is -2.14. The van der Waals surface area contributed by atoms with E-state index in [2.05, 4.69) is 5.32 Å². The summed E-state index contributed by atoms with van der Waals surface area (Å²) in [6.45, 7) is 1.66. The highest BCUT2D eigenvalue weighted by Gasteiger charge is 2.17. The average Bonchev–Trinajstić information content (AvgIpc) is 2.42. The van der Waals surface area contributed by atoms with Crippen molar-refractivity contribution in [3.05, 3.63) is 58.1 Å². The van der Waals surface area contributed by atoms with Gasteiger partial charge < -0.3 is 11.1 Å². The van der Waals surface area contributed by atoms with Crippen molar-refractivity contribution in [2.24, 2.45) is 0 Å². The van der Waals surface area contributed by atoms with Gasteiger partial charge >= 0.3 is 0 Å². The summed E-state index contributed by atoms with van der Waals surface area (Å²) in [5.41, 5.74) is 5.91. The number of carbonyl (C=O) groups excluding carboxylic acids is 1. The Kier molecular flexibility index (Phi) is 3.90. The molecule has 0 saturated heterocycles. The van der Waals surface area contributed by atoms with Crippen LogP contribution in [0.2, 0.25) is 5.02 Å². The largest absolute Gasteiger partial charge is 0.397 e. The third kappa shape index (κ3) is 2.58. The molecule has 0 unspecified atom stereocenters. The molecular formula is C14H11ClF2N2O. The van der Waals surface area contributed by atoms with Crippen LogP contribution in [0.25, 0.3) is 0 Å². The summed E-state index contributed by atoms with van der Waals surface area (Å²) in [4.78, 5) is 12.1. The molecule has 0 heterocycles. The van der Waals surface area contributed by atoms with E-state index in [1.807, 2.05) is 0 Å². The second kappa shape index (κ2) is 5.46. The van der Waals surface area contributed by atoms with E-state index in [1.165, 1.54) is 12.1 Å². The minimum atomic E-state index is -1.20. The van der Waals surface area contributed by atoms with Crippen LogP contribution < -0.4 is 11.1 Å². The minimum absolute atomic E-state index is 0.0584. The van der Waals surface area contributed by atoms with Crippen LogP contribution in [-0.2, 0) is 0 Å². The monoisotopic (exact) mass is 296 g/mol. The van der Waals surface area contributed by atoms with Gasteiger partial charge in [0.2, 0.25) is 0 Å². The van der Waals surface area contributed by atoms with Crippen molar-refractivity contribution in [3.8, 4) is 0 Å². The lowest BCUT2D eigenvalue weighted by molar-refractivity contribution is 0.102. The Morgan fingerprint density at radius 3 is 2.65 bits per heavy atom. The second-order valence-corrected chi connectivity index (χ2v) is 4.60. The number of nitrogens with two attached hydrogens (primary N) is 1. The molecule has 6 heteroatoms. The number of halogens is 3. The third-order valence-corrected chi connectivity index (χ3v) is 3.29. The van der Waals surface area contributed by atoms with E-state index < -0.39 is 17.5 Å². The molecule has 0 aromatic heterocycles. The summed E-state index contributed by atoms with van der Waals surface area (Å²) in [7, 11) is 0. The molecular weight excluding hydrogens is 286 g/mol. The number of benzene rings is 2. The van der Waals surface area contributed by atoms with Crippen molar-refractivity contribution in [1.82, 2.24) is 0 Å². The molecule has 0 aliphatic heterocycles. The van der Waals surface area contributed by atoms with Gasteiger partial charge in [-0.3, -0.25) is 4.79 Å². The summed E-state index contributed by atoms with van der Waals surface area (Å²) >= 11 is 5.91. The van der Waals surface area contributed by atoms with Gasteiger partial charge in [0, 0.05) is 10.6 Å². The average molecular weight is 297 g/mol. The quantitative estimate of drug-likeness (QED) is 0.829. The number of hydrogen-bond acceptors (Lipinski definition) is 2. The summed E-state index contributed by atoms with van der Waals surface area (Å²) in [6, 6.07) is 6.83. The van der Waals surface area contributed by atoms with Crippen LogP contribution in [-0.4, -0.2) is 5.91 Å². The van der Waals surface area contributed by atoms with Gasteiger partial charge in [0.1, 0.15) is 5.69 Å². The van der Waals surface area contributed by atoms with E-state index >= 15 is 0 Å². The van der Waals surface area contributed by atoms with E-state index in [4.69, 9.17) is 17.3 Å². The molecule has 1 amide bonds. The van der Waals surface area contributed by atoms with Crippen molar-refractivity contribution in [2.45, 2.75) is 6.92 Å². The maximum absolute atomic E-state index is 13.6. The molecule has 3 N–H and O–H groups in total. The van der Waals surface area contributed by atoms with Crippen LogP contribution in [0.4, 0.5) is 20.2 Å². The number of nitrogens with one attached hydrogen (secondary N) is 1. The number of amides is 1. The van der Waals surface area contributed by atoms with Crippen LogP contribution in [0.5, 0.6) is 0 Å². The Balaban J connectivity index is 2.38. The number of hydrogen-bond donors (Lipinski definition) is 2. The second-order valence-electron chi connectivity index (χ2n) is 4.19. The lowest BCUT2D eigenvalue weighted by Gasteiger charge is -2.11. The van der Waals surface area contributed by atoms with Gasteiger partial charge in [-0.2, -0.15) is 0 Å². The first-order valence-corrected chi connectivity index (χ1v) is 6.09. The molecule has 0 saturated carbocycles. The standard InChI is InChI=1S/C14H11ClF2N2O/c1-7-8(3-2-4-9(7)15)14(20)19-13-11(18)6-5-10(16)12(13)17/h2-6H,18H2,1H3,(H,19,20). The molecule has 2 aromatic rings. The van der Waals surface area contributed by atoms with Crippen molar-refractivity contribution >= 4 is 28.9 Å². The van der Waals surface area contributed by atoms with Crippen LogP contribution in [0.15, 0.2) is 30.3 Å². The highest BCUT2D eigenvalue weighted by atomic mass is 35.5. The maximum Gasteiger partial charge on any atom is 0.256 e. The predicted octanol–water partition coefficient (Wildman–Crippen LogP) is 3.76. The van der Waals surface area contributed by atoms with Gasteiger partial charge in [-0.1, -0.05) is 17.7 Å². The molecule has 0 bridgehead atoms. The highest BCUT2D eigenvalue weighted by molar-refractivity contribution is 6.32. The number of carbonyl (C=O) groups is 1. The molecule has 0 radical (unpaired) electrons. The summed E-state index contributed by atoms with van der Waals surface area (Å²) in [5, 5.41) is 2.67. The van der Waals surface area contributed by atoms with Crippen LogP contribution >= 0.6 is 11.6 Å². The van der Waals surface area contributed by atoms with Crippen molar-refractivity contribution in [2.75, 3.05) is 11.1 Å². The van der Waals surface area contributed by atoms with Gasteiger partial charge in [-0.25, -0.2) is 8.78 Å². The zero-order chi connectivity index (χ0) is 14.9. The molecule has 20 heavy (non-hydrogen) atoms. The number of nitrogen functional groups attached to an aromatic ring is 1. The topological polar surface area (TPSA) is 55.1 Å². The van der Waals surface area contributed by atoms with Gasteiger partial charge in [-0.05, 0) is 36.8 Å². The summed E-state index contributed by atoms with van der Waals surface area (Å²) in [6.07, 6.45) is 0. The van der Waals surface area contributed by atoms with Gasteiger partial charge in [-0.15, -0.1) is 0 Å². The SMILES string of the molecule is Cc1c(Cl)cccc1C(=O)Nc1c(N)ccc(F)c1F. The fourth-order valence-corrected chi connectivity index (χ4v) is 1.90. The number of rotatable bonds is 2. The van der Waals surface area contributed by atoms with E-state index in [1.54, 1.807) is 19.1 Å². The van der Waals surface area contributed by atoms with Gasteiger partial charge in [0.05, 0.1) is 5.69 Å². The molecule has 2 aromatic carbocycles. The Morgan fingerprint density at radius 2 is 1.95 bits per heavy atom. The van der Waals surface area contributed by atoms with Crippen LogP contribution in [0.1, 0.15) is 15.9 Å². The van der Waals surface area contributed by atoms with E-state index in [-0.39, 0.29) is 16.9 Å². The van der Waals surface area contributed by atoms with E-state index in [9.17, 15) is 13.6 Å². The molecule has 3 nitrogen and oxygen atoms in total. The van der Waals surface area contributed by atoms with Crippen molar-refractivity contribution < 1.29 is 13.6 Å². The fourth-order valence-electron chi connectivity index (χ4n) is 1.73. The van der Waals surface area contributed by atoms with Crippen molar-refractivity contribution in [1.29, 1.82) is 0 Å². The first-order valence-electron chi connectivity index (χ1n) is 5.71. The molecule has 0 aliphatic rings. The first kappa shape index (κ1) is 14.3. The molecule has 104 valence electrons. The smallest absolute Gasteiger partial charge is 0.256 e. The molecule has 0 atom stereocenters. The minimum Gasteiger partial charge on any atom is -0.397 e. The van der Waals surface area contributed by atoms with Crippen molar-refractivity contribution in [3.63, 3.8) is 0 Å². The zero-order valence-corrected chi connectivity index (χ0v) is 11.3. The molecule has 0 aliphatic carbocycles. The molecule has 0 fully saturated rings. The molecule has 2 rings (SSSR count). The van der Waals surface area contributed by atoms with Gasteiger partial charge in [0.15, 0.2) is 11.6 Å². The van der Waals surface area contributed by atoms with E-state index in [0.717, 1.165) is 6.07 Å². The highest BCUT2D eigenvalue weighted by Crippen LogP contribution is 2.26. The van der Waals surface area contributed by atoms with E-state index in [0.29, 0.717) is 10.6 Å². The first-order chi connectivity index (χ1) is 9.41. The lowest BCUT2D eigenvalue weighted by Crippen LogP contribution is -2.16. The zero-order valence-electron chi connectivity index (χ0n) is 10.5. The summed E-state index contributed by atoms with van der Waals surface area (Å²) < 4.78 is 26.8. The third-order valence-electron chi connectivity index (χ3n) is 2.88. The van der Waals surface area contributed by atoms with Crippen LogP contribution in [0, 0.1) is 18.6 Å². The maximum atomic E-state index is 13.6. The number of anilines is 2. The van der Waals surface area contributed by atoms with Gasteiger partial charge in [0.25, 0.3) is 5.91 Å². The summed E-state index contributed by atoms with van der Waals surface area (Å²) in [5.74, 6) is -2.89. The Bertz CT molecular complexity index is 689. The Labute approximate surface area is 119 Å². The predicted molar refractivity (Wildman–Crippen MR) is 74.9 cm³/mol. The lowest BCUT2D eigenvalue weighted by atomic mass is 10.1. The molecule has 0 spiro atoms. The Morgan fingerprint density at radius 1 is 1.25 bits per heavy atom. The fraction of sp³-hybridized carbons (Fsp3) is 0.0714.